The molecule has 3 N–H and O–H groups in total. The van der Waals surface area contributed by atoms with E-state index in [1.807, 2.05) is 18.2 Å². The molecule has 0 saturated carbocycles. The summed E-state index contributed by atoms with van der Waals surface area (Å²) in [5, 5.41) is 0. The van der Waals surface area contributed by atoms with Crippen LogP contribution >= 0.6 is 31.9 Å². The molecule has 0 atom stereocenters. The van der Waals surface area contributed by atoms with Crippen LogP contribution in [0.2, 0.25) is 0 Å². The summed E-state index contributed by atoms with van der Waals surface area (Å²) in [6.45, 7) is 3.76. The summed E-state index contributed by atoms with van der Waals surface area (Å²) in [6, 6.07) is 5.63. The first-order chi connectivity index (χ1) is 7.88. The number of rotatable bonds is 4. The molecule has 0 saturated heterocycles. The van der Waals surface area contributed by atoms with E-state index in [1.165, 1.54) is 0 Å². The van der Waals surface area contributed by atoms with E-state index in [2.05, 4.69) is 37.3 Å². The average molecular weight is 366 g/mol. The molecule has 0 aromatic heterocycles. The maximum Gasteiger partial charge on any atom is 0.242 e. The van der Waals surface area contributed by atoms with Crippen LogP contribution in [0.3, 0.4) is 0 Å². The Bertz CT molecular complexity index is 402. The first kappa shape index (κ1) is 14.5. The normalized spacial score (nSPS) is 11.1. The Morgan fingerprint density at radius 2 is 1.94 bits per heavy atom. The molecule has 0 aliphatic carbocycles. The molecular formula is C11H14Br2N2O2. The minimum atomic E-state index is -0.691. The van der Waals surface area contributed by atoms with Gasteiger partial charge in [0.1, 0.15) is 12.4 Å². The van der Waals surface area contributed by atoms with Gasteiger partial charge in [0, 0.05) is 0 Å². The van der Waals surface area contributed by atoms with Crippen molar-refractivity contribution >= 4 is 37.8 Å². The molecule has 0 heterocycles. The Morgan fingerprint density at radius 3 is 2.41 bits per heavy atom. The number of amides is 1. The zero-order valence-corrected chi connectivity index (χ0v) is 12.8. The fourth-order valence-corrected chi connectivity index (χ4v) is 2.36. The average Bonchev–Trinajstić information content (AvgIpc) is 2.27. The largest absolute Gasteiger partial charge is 0.490 e. The predicted molar refractivity (Wildman–Crippen MR) is 73.4 cm³/mol. The van der Waals surface area contributed by atoms with Crippen molar-refractivity contribution in [3.8, 4) is 5.75 Å². The lowest BCUT2D eigenvalue weighted by molar-refractivity contribution is -0.130. The van der Waals surface area contributed by atoms with Crippen molar-refractivity contribution in [1.29, 1.82) is 0 Å². The highest BCUT2D eigenvalue weighted by atomic mass is 79.9. The number of hydrogen-bond donors (Lipinski definition) is 2. The molecule has 1 amide bonds. The van der Waals surface area contributed by atoms with Crippen molar-refractivity contribution < 1.29 is 9.53 Å². The molecule has 1 aromatic carbocycles. The van der Waals surface area contributed by atoms with Gasteiger partial charge in [-0.25, -0.2) is 5.84 Å². The lowest BCUT2D eigenvalue weighted by Crippen LogP contribution is -2.44. The van der Waals surface area contributed by atoms with Gasteiger partial charge in [-0.3, -0.25) is 10.2 Å². The van der Waals surface area contributed by atoms with Crippen LogP contribution < -0.4 is 16.0 Å². The Hall–Kier alpha value is -0.590. The first-order valence-electron chi connectivity index (χ1n) is 4.96. The molecule has 0 unspecified atom stereocenters. The Balaban J connectivity index is 2.77. The van der Waals surface area contributed by atoms with Gasteiger partial charge in [0.25, 0.3) is 0 Å². The molecule has 0 aliphatic heterocycles. The number of halogens is 2. The van der Waals surface area contributed by atoms with Gasteiger partial charge in [0.15, 0.2) is 0 Å². The van der Waals surface area contributed by atoms with Crippen LogP contribution in [0.5, 0.6) is 5.75 Å². The third-order valence-electron chi connectivity index (χ3n) is 2.24. The van der Waals surface area contributed by atoms with E-state index in [0.717, 1.165) is 8.95 Å². The summed E-state index contributed by atoms with van der Waals surface area (Å²) in [4.78, 5) is 11.5. The maximum absolute atomic E-state index is 11.5. The quantitative estimate of drug-likeness (QED) is 0.489. The molecule has 1 rings (SSSR count). The monoisotopic (exact) mass is 364 g/mol. The summed E-state index contributed by atoms with van der Waals surface area (Å²) in [7, 11) is 0. The van der Waals surface area contributed by atoms with Gasteiger partial charge in [0.05, 0.1) is 14.4 Å². The van der Waals surface area contributed by atoms with Gasteiger partial charge in [-0.05, 0) is 57.8 Å². The van der Waals surface area contributed by atoms with Crippen molar-refractivity contribution in [1.82, 2.24) is 5.43 Å². The molecule has 0 spiro atoms. The van der Waals surface area contributed by atoms with Crippen LogP contribution in [-0.2, 0) is 4.79 Å². The minimum absolute atomic E-state index is 0.233. The molecule has 4 nitrogen and oxygen atoms in total. The van der Waals surface area contributed by atoms with Crippen LogP contribution in [-0.4, -0.2) is 12.5 Å². The summed E-state index contributed by atoms with van der Waals surface area (Å²) in [5.41, 5.74) is 1.44. The molecule has 0 aliphatic rings. The van der Waals surface area contributed by atoms with E-state index < -0.39 is 5.41 Å². The molecule has 0 bridgehead atoms. The van der Waals surface area contributed by atoms with Crippen LogP contribution in [0, 0.1) is 5.41 Å². The topological polar surface area (TPSA) is 64.3 Å². The van der Waals surface area contributed by atoms with Crippen molar-refractivity contribution in [2.75, 3.05) is 6.61 Å². The van der Waals surface area contributed by atoms with E-state index in [0.29, 0.717) is 5.75 Å². The standard InChI is InChI=1S/C11H14Br2N2O2/c1-11(2,10(16)15-14)6-17-9-7(12)4-3-5-8(9)13/h3-5H,6,14H2,1-2H3,(H,15,16). The zero-order valence-electron chi connectivity index (χ0n) is 9.59. The van der Waals surface area contributed by atoms with Gasteiger partial charge < -0.3 is 4.74 Å². The number of nitrogens with two attached hydrogens (primary N) is 1. The van der Waals surface area contributed by atoms with Gasteiger partial charge >= 0.3 is 0 Å². The van der Waals surface area contributed by atoms with Gasteiger partial charge in [-0.2, -0.15) is 0 Å². The first-order valence-corrected chi connectivity index (χ1v) is 6.55. The van der Waals surface area contributed by atoms with Gasteiger partial charge in [0.2, 0.25) is 5.91 Å². The summed E-state index contributed by atoms with van der Waals surface area (Å²) < 4.78 is 7.30. The van der Waals surface area contributed by atoms with Crippen molar-refractivity contribution in [3.05, 3.63) is 27.1 Å². The van der Waals surface area contributed by atoms with Crippen LogP contribution in [0.1, 0.15) is 13.8 Å². The van der Waals surface area contributed by atoms with Gasteiger partial charge in [-0.1, -0.05) is 6.07 Å². The number of para-hydroxylation sites is 1. The number of hydrogen-bond acceptors (Lipinski definition) is 3. The molecule has 0 fully saturated rings. The van der Waals surface area contributed by atoms with Crippen LogP contribution in [0.25, 0.3) is 0 Å². The van der Waals surface area contributed by atoms with Crippen molar-refractivity contribution in [2.24, 2.45) is 11.3 Å². The SMILES string of the molecule is CC(C)(COc1c(Br)cccc1Br)C(=O)NN. The highest BCUT2D eigenvalue weighted by Gasteiger charge is 2.28. The second-order valence-corrected chi connectivity index (χ2v) is 5.91. The van der Waals surface area contributed by atoms with E-state index in [1.54, 1.807) is 13.8 Å². The number of hydrazine groups is 1. The summed E-state index contributed by atoms with van der Waals surface area (Å²) in [5.74, 6) is 5.52. The predicted octanol–water partition coefficient (Wildman–Crippen LogP) is 2.61. The Labute approximate surface area is 117 Å². The third-order valence-corrected chi connectivity index (χ3v) is 3.49. The number of benzene rings is 1. The maximum atomic E-state index is 11.5. The molecule has 94 valence electrons. The minimum Gasteiger partial charge on any atom is -0.490 e. The number of carbonyl (C=O) groups excluding carboxylic acids is 1. The fourth-order valence-electron chi connectivity index (χ4n) is 1.13. The van der Waals surface area contributed by atoms with Crippen LogP contribution in [0.4, 0.5) is 0 Å². The zero-order chi connectivity index (χ0) is 13.1. The third kappa shape index (κ3) is 3.69. The summed E-state index contributed by atoms with van der Waals surface area (Å²) in [6.07, 6.45) is 0. The number of nitrogens with one attached hydrogen (secondary N) is 1. The molecular weight excluding hydrogens is 352 g/mol. The second-order valence-electron chi connectivity index (χ2n) is 4.20. The molecule has 17 heavy (non-hydrogen) atoms. The number of ether oxygens (including phenoxy) is 1. The molecule has 0 radical (unpaired) electrons. The van der Waals surface area contributed by atoms with E-state index in [4.69, 9.17) is 10.6 Å². The molecule has 6 heteroatoms. The highest BCUT2D eigenvalue weighted by molar-refractivity contribution is 9.11. The molecule has 1 aromatic rings. The van der Waals surface area contributed by atoms with Crippen molar-refractivity contribution in [3.63, 3.8) is 0 Å². The summed E-state index contributed by atoms with van der Waals surface area (Å²) >= 11 is 6.78. The Morgan fingerprint density at radius 1 is 1.41 bits per heavy atom. The Kier molecular flexibility index (Phi) is 4.97. The van der Waals surface area contributed by atoms with E-state index in [9.17, 15) is 4.79 Å². The van der Waals surface area contributed by atoms with Gasteiger partial charge in [-0.15, -0.1) is 0 Å². The smallest absolute Gasteiger partial charge is 0.242 e. The fraction of sp³-hybridized carbons (Fsp3) is 0.364. The lowest BCUT2D eigenvalue weighted by atomic mass is 9.94. The van der Waals surface area contributed by atoms with Crippen LogP contribution in [0.15, 0.2) is 27.1 Å². The van der Waals surface area contributed by atoms with E-state index in [-0.39, 0.29) is 12.5 Å². The van der Waals surface area contributed by atoms with E-state index >= 15 is 0 Å². The van der Waals surface area contributed by atoms with Crippen molar-refractivity contribution in [2.45, 2.75) is 13.8 Å². The highest BCUT2D eigenvalue weighted by Crippen LogP contribution is 2.34. The second kappa shape index (κ2) is 5.84. The number of carbonyl (C=O) groups is 1. The lowest BCUT2D eigenvalue weighted by Gasteiger charge is -2.23.